The molecule has 1 aromatic heterocycles. The highest BCUT2D eigenvalue weighted by Crippen LogP contribution is 2.39. The maximum Gasteiger partial charge on any atom is 0.319 e. The van der Waals surface area contributed by atoms with Crippen LogP contribution in [0.1, 0.15) is 32.1 Å². The van der Waals surface area contributed by atoms with Crippen molar-refractivity contribution in [3.63, 3.8) is 0 Å². The lowest BCUT2D eigenvalue weighted by Gasteiger charge is -2.10. The first kappa shape index (κ1) is 18.0. The minimum absolute atomic E-state index is 0.0612. The van der Waals surface area contributed by atoms with E-state index in [2.05, 4.69) is 10.3 Å². The number of benzene rings is 1. The highest BCUT2D eigenvalue weighted by Gasteiger charge is 2.24. The number of aromatic nitrogens is 1. The van der Waals surface area contributed by atoms with Crippen molar-refractivity contribution in [1.82, 2.24) is 4.98 Å². The molecule has 0 atom stereocenters. The zero-order valence-electron chi connectivity index (χ0n) is 13.7. The number of hydrogen-bond donors (Lipinski definition) is 1. The molecular formula is C18H19Cl2N3O2. The summed E-state index contributed by atoms with van der Waals surface area (Å²) in [4.78, 5) is 15.4. The van der Waals surface area contributed by atoms with Crippen LogP contribution in [0.2, 0.25) is 10.0 Å². The average molecular weight is 380 g/mol. The van der Waals surface area contributed by atoms with Gasteiger partial charge in [-0.1, -0.05) is 55.0 Å². The van der Waals surface area contributed by atoms with Crippen LogP contribution in [-0.4, -0.2) is 16.5 Å². The van der Waals surface area contributed by atoms with Crippen molar-refractivity contribution in [3.8, 4) is 11.1 Å². The largest absolute Gasteiger partial charge is 0.364 e. The van der Waals surface area contributed by atoms with Crippen molar-refractivity contribution in [2.45, 2.75) is 32.1 Å². The number of nitro groups is 1. The van der Waals surface area contributed by atoms with Crippen molar-refractivity contribution in [2.24, 2.45) is 5.92 Å². The van der Waals surface area contributed by atoms with Crippen LogP contribution < -0.4 is 5.32 Å². The zero-order valence-corrected chi connectivity index (χ0v) is 15.2. The molecule has 5 nitrogen and oxygen atoms in total. The van der Waals surface area contributed by atoms with Gasteiger partial charge in [-0.25, -0.2) is 4.98 Å². The molecule has 1 aromatic carbocycles. The van der Waals surface area contributed by atoms with Gasteiger partial charge in [0, 0.05) is 23.3 Å². The highest BCUT2D eigenvalue weighted by atomic mass is 35.5. The van der Waals surface area contributed by atoms with E-state index in [0.717, 1.165) is 18.8 Å². The monoisotopic (exact) mass is 379 g/mol. The Morgan fingerprint density at radius 2 is 2.00 bits per heavy atom. The molecular weight excluding hydrogens is 361 g/mol. The maximum absolute atomic E-state index is 11.6. The fourth-order valence-electron chi connectivity index (χ4n) is 2.86. The van der Waals surface area contributed by atoms with Crippen molar-refractivity contribution >= 4 is 34.7 Å². The molecule has 132 valence electrons. The Balaban J connectivity index is 1.79. The Kier molecular flexibility index (Phi) is 5.76. The summed E-state index contributed by atoms with van der Waals surface area (Å²) in [6.45, 7) is 0.665. The Morgan fingerprint density at radius 1 is 1.20 bits per heavy atom. The van der Waals surface area contributed by atoms with Crippen LogP contribution in [-0.2, 0) is 0 Å². The SMILES string of the molecule is O=[N+]([O-])c1c(-c2ccc(Cl)cc2Cl)ccnc1NCCCCC1CC1. The number of halogens is 2. The van der Waals surface area contributed by atoms with Gasteiger partial charge in [-0.05, 0) is 30.5 Å². The summed E-state index contributed by atoms with van der Waals surface area (Å²) in [7, 11) is 0. The molecule has 1 N–H and O–H groups in total. The fraction of sp³-hybridized carbons (Fsp3) is 0.389. The molecule has 0 spiro atoms. The lowest BCUT2D eigenvalue weighted by molar-refractivity contribution is -0.383. The third-order valence-corrected chi connectivity index (χ3v) is 4.90. The van der Waals surface area contributed by atoms with Crippen molar-refractivity contribution < 1.29 is 4.92 Å². The molecule has 25 heavy (non-hydrogen) atoms. The molecule has 7 heteroatoms. The molecule has 1 saturated carbocycles. The van der Waals surface area contributed by atoms with E-state index in [4.69, 9.17) is 23.2 Å². The molecule has 0 bridgehead atoms. The first-order valence-electron chi connectivity index (χ1n) is 8.39. The van der Waals surface area contributed by atoms with Crippen molar-refractivity contribution in [3.05, 3.63) is 50.6 Å². The van der Waals surface area contributed by atoms with E-state index in [0.29, 0.717) is 27.7 Å². The summed E-state index contributed by atoms with van der Waals surface area (Å²) in [5.41, 5.74) is 0.938. The lowest BCUT2D eigenvalue weighted by atomic mass is 10.0. The number of nitrogens with zero attached hydrogens (tertiary/aromatic N) is 2. The van der Waals surface area contributed by atoms with E-state index >= 15 is 0 Å². The molecule has 1 heterocycles. The van der Waals surface area contributed by atoms with Gasteiger partial charge in [0.2, 0.25) is 5.82 Å². The van der Waals surface area contributed by atoms with Gasteiger partial charge in [0.05, 0.1) is 15.5 Å². The predicted octanol–water partition coefficient (Wildman–Crippen LogP) is 5.96. The Hall–Kier alpha value is -1.85. The van der Waals surface area contributed by atoms with Crippen LogP contribution in [0.5, 0.6) is 0 Å². The van der Waals surface area contributed by atoms with E-state index in [1.54, 1.807) is 30.5 Å². The van der Waals surface area contributed by atoms with Gasteiger partial charge in [-0.15, -0.1) is 0 Å². The molecule has 0 unspecified atom stereocenters. The molecule has 0 aliphatic heterocycles. The van der Waals surface area contributed by atoms with Crippen LogP contribution in [0.15, 0.2) is 30.5 Å². The minimum atomic E-state index is -0.417. The van der Waals surface area contributed by atoms with Crippen LogP contribution in [0, 0.1) is 16.0 Å². The summed E-state index contributed by atoms with van der Waals surface area (Å²) >= 11 is 12.1. The van der Waals surface area contributed by atoms with Crippen LogP contribution in [0.4, 0.5) is 11.5 Å². The van der Waals surface area contributed by atoms with Gasteiger partial charge in [-0.2, -0.15) is 0 Å². The smallest absolute Gasteiger partial charge is 0.319 e. The van der Waals surface area contributed by atoms with Gasteiger partial charge in [0.25, 0.3) is 0 Å². The number of rotatable bonds is 8. The van der Waals surface area contributed by atoms with Gasteiger partial charge >= 0.3 is 5.69 Å². The molecule has 1 aliphatic carbocycles. The Bertz CT molecular complexity index is 779. The first-order chi connectivity index (χ1) is 12.1. The molecule has 2 aromatic rings. The summed E-state index contributed by atoms with van der Waals surface area (Å²) in [5, 5.41) is 15.6. The first-order valence-corrected chi connectivity index (χ1v) is 9.14. The van der Waals surface area contributed by atoms with Crippen molar-refractivity contribution in [2.75, 3.05) is 11.9 Å². The third-order valence-electron chi connectivity index (χ3n) is 4.36. The third kappa shape index (κ3) is 4.61. The molecule has 0 radical (unpaired) electrons. The van der Waals surface area contributed by atoms with Crippen LogP contribution in [0.3, 0.4) is 0 Å². The van der Waals surface area contributed by atoms with E-state index in [9.17, 15) is 10.1 Å². The second-order valence-corrected chi connectivity index (χ2v) is 7.15. The van der Waals surface area contributed by atoms with Crippen molar-refractivity contribution in [1.29, 1.82) is 0 Å². The number of anilines is 1. The maximum atomic E-state index is 11.6. The van der Waals surface area contributed by atoms with Crippen LogP contribution in [0.25, 0.3) is 11.1 Å². The molecule has 0 saturated heterocycles. The second kappa shape index (κ2) is 8.02. The number of pyridine rings is 1. The van der Waals surface area contributed by atoms with E-state index in [-0.39, 0.29) is 11.5 Å². The van der Waals surface area contributed by atoms with E-state index < -0.39 is 4.92 Å². The topological polar surface area (TPSA) is 68.1 Å². The zero-order chi connectivity index (χ0) is 17.8. The lowest BCUT2D eigenvalue weighted by Crippen LogP contribution is -2.07. The predicted molar refractivity (Wildman–Crippen MR) is 101 cm³/mol. The normalized spacial score (nSPS) is 13.7. The quantitative estimate of drug-likeness (QED) is 0.349. The summed E-state index contributed by atoms with van der Waals surface area (Å²) in [5.74, 6) is 1.18. The standard InChI is InChI=1S/C18H19Cl2N3O2/c19-13-6-7-14(16(20)11-13)15-8-10-22-18(17(15)23(24)25)21-9-2-1-3-12-4-5-12/h6-8,10-12H,1-5,9H2,(H,21,22). The number of unbranched alkanes of at least 4 members (excludes halogenated alkanes) is 1. The average Bonchev–Trinajstić information content (AvgIpc) is 3.38. The number of hydrogen-bond acceptors (Lipinski definition) is 4. The van der Waals surface area contributed by atoms with E-state index in [1.807, 2.05) is 0 Å². The van der Waals surface area contributed by atoms with Gasteiger partial charge in [0.1, 0.15) is 0 Å². The minimum Gasteiger partial charge on any atom is -0.364 e. The summed E-state index contributed by atoms with van der Waals surface area (Å²) in [6, 6.07) is 6.53. The molecule has 1 fully saturated rings. The molecule has 1 aliphatic rings. The van der Waals surface area contributed by atoms with Gasteiger partial charge in [0.15, 0.2) is 0 Å². The van der Waals surface area contributed by atoms with Gasteiger partial charge < -0.3 is 5.32 Å². The molecule has 3 rings (SSSR count). The Morgan fingerprint density at radius 3 is 2.68 bits per heavy atom. The highest BCUT2D eigenvalue weighted by molar-refractivity contribution is 6.36. The van der Waals surface area contributed by atoms with Crippen LogP contribution >= 0.6 is 23.2 Å². The number of nitrogens with one attached hydrogen (secondary N) is 1. The molecule has 0 amide bonds. The summed E-state index contributed by atoms with van der Waals surface area (Å²) in [6.07, 6.45) is 7.61. The summed E-state index contributed by atoms with van der Waals surface area (Å²) < 4.78 is 0. The van der Waals surface area contributed by atoms with E-state index in [1.165, 1.54) is 19.3 Å². The Labute approximate surface area is 156 Å². The second-order valence-electron chi connectivity index (χ2n) is 6.30. The van der Waals surface area contributed by atoms with Gasteiger partial charge in [-0.3, -0.25) is 10.1 Å². The fourth-order valence-corrected chi connectivity index (χ4v) is 3.38.